The maximum absolute atomic E-state index is 12.6. The summed E-state index contributed by atoms with van der Waals surface area (Å²) in [6.45, 7) is 0.896. The molecule has 0 aliphatic heterocycles. The summed E-state index contributed by atoms with van der Waals surface area (Å²) in [6, 6.07) is 5.71. The molecule has 0 unspecified atom stereocenters. The highest BCUT2D eigenvalue weighted by molar-refractivity contribution is 5.95. The highest BCUT2D eigenvalue weighted by Gasteiger charge is 2.05. The highest BCUT2D eigenvalue weighted by atomic mass is 35.5. The Balaban J connectivity index is 0.00000225. The Bertz CT molecular complexity index is 324. The Labute approximate surface area is 102 Å². The lowest BCUT2D eigenvalue weighted by Gasteiger charge is -2.08. The molecular weight excluding hydrogens is 229 g/mol. The van der Waals surface area contributed by atoms with Crippen LogP contribution in [-0.2, 0) is 0 Å². The Morgan fingerprint density at radius 3 is 2.31 bits per heavy atom. The van der Waals surface area contributed by atoms with Crippen LogP contribution in [0.25, 0.3) is 0 Å². The second-order valence-corrected chi connectivity index (χ2v) is 3.84. The predicted octanol–water partition coefficient (Wildman–Crippen LogP) is 2.77. The van der Waals surface area contributed by atoms with E-state index in [9.17, 15) is 9.18 Å². The molecule has 2 nitrogen and oxygen atoms in total. The SMILES string of the molecule is CN(C)CCCC(=O)c1ccc(F)cc1.Cl. The van der Waals surface area contributed by atoms with Crippen LogP contribution >= 0.6 is 12.4 Å². The number of rotatable bonds is 5. The topological polar surface area (TPSA) is 20.3 Å². The lowest BCUT2D eigenvalue weighted by atomic mass is 10.1. The van der Waals surface area contributed by atoms with Crippen LogP contribution in [-0.4, -0.2) is 31.3 Å². The molecule has 1 aromatic rings. The van der Waals surface area contributed by atoms with Gasteiger partial charge < -0.3 is 4.90 Å². The van der Waals surface area contributed by atoms with E-state index in [1.165, 1.54) is 24.3 Å². The Kier molecular flexibility index (Phi) is 6.93. The van der Waals surface area contributed by atoms with Gasteiger partial charge in [-0.3, -0.25) is 4.79 Å². The van der Waals surface area contributed by atoms with E-state index < -0.39 is 0 Å². The zero-order valence-electron chi connectivity index (χ0n) is 9.57. The summed E-state index contributed by atoms with van der Waals surface area (Å²) in [4.78, 5) is 13.6. The molecular formula is C12H17ClFNO. The molecule has 0 fully saturated rings. The first kappa shape index (κ1) is 15.1. The molecule has 90 valence electrons. The van der Waals surface area contributed by atoms with Gasteiger partial charge in [0.15, 0.2) is 5.78 Å². The maximum atomic E-state index is 12.6. The molecule has 0 spiro atoms. The van der Waals surface area contributed by atoms with Crippen molar-refractivity contribution < 1.29 is 9.18 Å². The van der Waals surface area contributed by atoms with Gasteiger partial charge >= 0.3 is 0 Å². The molecule has 16 heavy (non-hydrogen) atoms. The van der Waals surface area contributed by atoms with Gasteiger partial charge in [-0.05, 0) is 51.3 Å². The first-order chi connectivity index (χ1) is 7.09. The number of hydrogen-bond acceptors (Lipinski definition) is 2. The zero-order chi connectivity index (χ0) is 11.3. The number of ketones is 1. The van der Waals surface area contributed by atoms with Crippen molar-refractivity contribution in [3.05, 3.63) is 35.6 Å². The molecule has 0 radical (unpaired) electrons. The fraction of sp³-hybridized carbons (Fsp3) is 0.417. The van der Waals surface area contributed by atoms with E-state index >= 15 is 0 Å². The minimum absolute atomic E-state index is 0. The monoisotopic (exact) mass is 245 g/mol. The van der Waals surface area contributed by atoms with Crippen LogP contribution < -0.4 is 0 Å². The van der Waals surface area contributed by atoms with Crippen LogP contribution in [0, 0.1) is 5.82 Å². The fourth-order valence-electron chi connectivity index (χ4n) is 1.34. The summed E-state index contributed by atoms with van der Waals surface area (Å²) in [7, 11) is 3.95. The van der Waals surface area contributed by atoms with Gasteiger partial charge in [-0.2, -0.15) is 0 Å². The van der Waals surface area contributed by atoms with Gasteiger partial charge in [0.1, 0.15) is 5.82 Å². The van der Waals surface area contributed by atoms with Crippen LogP contribution in [0.4, 0.5) is 4.39 Å². The van der Waals surface area contributed by atoms with Crippen LogP contribution in [0.15, 0.2) is 24.3 Å². The van der Waals surface area contributed by atoms with Crippen molar-refractivity contribution in [2.24, 2.45) is 0 Å². The molecule has 0 atom stereocenters. The summed E-state index contributed by atoms with van der Waals surface area (Å²) >= 11 is 0. The number of hydrogen-bond donors (Lipinski definition) is 0. The third-order valence-electron chi connectivity index (χ3n) is 2.18. The van der Waals surface area contributed by atoms with Gasteiger partial charge in [0, 0.05) is 12.0 Å². The summed E-state index contributed by atoms with van der Waals surface area (Å²) in [5.41, 5.74) is 0.593. The second-order valence-electron chi connectivity index (χ2n) is 3.84. The van der Waals surface area contributed by atoms with Gasteiger partial charge in [-0.25, -0.2) is 4.39 Å². The molecule has 0 aliphatic rings. The molecule has 0 amide bonds. The predicted molar refractivity (Wildman–Crippen MR) is 65.8 cm³/mol. The smallest absolute Gasteiger partial charge is 0.162 e. The lowest BCUT2D eigenvalue weighted by Crippen LogP contribution is -2.14. The molecule has 0 N–H and O–H groups in total. The summed E-state index contributed by atoms with van der Waals surface area (Å²) < 4.78 is 12.6. The van der Waals surface area contributed by atoms with Crippen LogP contribution in [0.1, 0.15) is 23.2 Å². The molecule has 0 aromatic heterocycles. The number of carbonyl (C=O) groups is 1. The lowest BCUT2D eigenvalue weighted by molar-refractivity contribution is 0.0977. The van der Waals surface area contributed by atoms with Crippen molar-refractivity contribution in [3.8, 4) is 0 Å². The van der Waals surface area contributed by atoms with E-state index in [-0.39, 0.29) is 24.0 Å². The van der Waals surface area contributed by atoms with Crippen molar-refractivity contribution in [2.75, 3.05) is 20.6 Å². The first-order valence-electron chi connectivity index (χ1n) is 5.03. The highest BCUT2D eigenvalue weighted by Crippen LogP contribution is 2.07. The number of carbonyl (C=O) groups excluding carboxylic acids is 1. The van der Waals surface area contributed by atoms with Crippen molar-refractivity contribution in [1.29, 1.82) is 0 Å². The number of nitrogens with zero attached hydrogens (tertiary/aromatic N) is 1. The third-order valence-corrected chi connectivity index (χ3v) is 2.18. The Morgan fingerprint density at radius 1 is 1.25 bits per heavy atom. The van der Waals surface area contributed by atoms with Gasteiger partial charge in [-0.15, -0.1) is 12.4 Å². The molecule has 0 saturated carbocycles. The minimum Gasteiger partial charge on any atom is -0.309 e. The molecule has 0 heterocycles. The van der Waals surface area contributed by atoms with Gasteiger partial charge in [0.05, 0.1) is 0 Å². The third kappa shape index (κ3) is 5.24. The van der Waals surface area contributed by atoms with E-state index in [0.29, 0.717) is 12.0 Å². The second kappa shape index (κ2) is 7.36. The van der Waals surface area contributed by atoms with E-state index in [1.54, 1.807) is 0 Å². The van der Waals surface area contributed by atoms with Crippen molar-refractivity contribution >= 4 is 18.2 Å². The Morgan fingerprint density at radius 2 is 1.81 bits per heavy atom. The number of Topliss-reactive ketones (excluding diaryl/α,β-unsaturated/α-hetero) is 1. The number of halogens is 2. The zero-order valence-corrected chi connectivity index (χ0v) is 10.4. The van der Waals surface area contributed by atoms with E-state index in [0.717, 1.165) is 13.0 Å². The minimum atomic E-state index is -0.306. The average molecular weight is 246 g/mol. The number of benzene rings is 1. The van der Waals surface area contributed by atoms with Crippen LogP contribution in [0.5, 0.6) is 0 Å². The Hall–Kier alpha value is -0.930. The first-order valence-corrected chi connectivity index (χ1v) is 5.03. The standard InChI is InChI=1S/C12H16FNO.ClH/c1-14(2)9-3-4-12(15)10-5-7-11(13)8-6-10;/h5-8H,3-4,9H2,1-2H3;1H. The van der Waals surface area contributed by atoms with E-state index in [4.69, 9.17) is 0 Å². The van der Waals surface area contributed by atoms with E-state index in [1.807, 2.05) is 19.0 Å². The average Bonchev–Trinajstić information content (AvgIpc) is 2.18. The van der Waals surface area contributed by atoms with Crippen molar-refractivity contribution in [3.63, 3.8) is 0 Å². The van der Waals surface area contributed by atoms with Crippen molar-refractivity contribution in [2.45, 2.75) is 12.8 Å². The largest absolute Gasteiger partial charge is 0.309 e. The summed E-state index contributed by atoms with van der Waals surface area (Å²) in [5, 5.41) is 0. The fourth-order valence-corrected chi connectivity index (χ4v) is 1.34. The molecule has 1 rings (SSSR count). The van der Waals surface area contributed by atoms with E-state index in [2.05, 4.69) is 0 Å². The van der Waals surface area contributed by atoms with Crippen LogP contribution in [0.3, 0.4) is 0 Å². The van der Waals surface area contributed by atoms with Gasteiger partial charge in [-0.1, -0.05) is 0 Å². The normalized spacial score (nSPS) is 10.0. The maximum Gasteiger partial charge on any atom is 0.162 e. The molecule has 4 heteroatoms. The molecule has 0 saturated heterocycles. The molecule has 1 aromatic carbocycles. The molecule has 0 aliphatic carbocycles. The summed E-state index contributed by atoms with van der Waals surface area (Å²) in [6.07, 6.45) is 1.35. The van der Waals surface area contributed by atoms with Gasteiger partial charge in [0.2, 0.25) is 0 Å². The summed E-state index contributed by atoms with van der Waals surface area (Å²) in [5.74, 6) is -0.225. The van der Waals surface area contributed by atoms with Gasteiger partial charge in [0.25, 0.3) is 0 Å². The van der Waals surface area contributed by atoms with Crippen molar-refractivity contribution in [1.82, 2.24) is 4.90 Å². The van der Waals surface area contributed by atoms with Crippen LogP contribution in [0.2, 0.25) is 0 Å². The molecule has 0 bridgehead atoms. The quantitative estimate of drug-likeness (QED) is 0.744.